The minimum absolute atomic E-state index is 0.0853. The van der Waals surface area contributed by atoms with Crippen molar-refractivity contribution >= 4 is 24.0 Å². The van der Waals surface area contributed by atoms with Crippen molar-refractivity contribution in [2.24, 2.45) is 5.73 Å². The maximum absolute atomic E-state index is 12.6. The van der Waals surface area contributed by atoms with Gasteiger partial charge in [0.25, 0.3) is 0 Å². The Hall–Kier alpha value is -2.64. The van der Waals surface area contributed by atoms with Gasteiger partial charge in [-0.25, -0.2) is 9.59 Å². The molecule has 0 spiro atoms. The van der Waals surface area contributed by atoms with Gasteiger partial charge >= 0.3 is 18.2 Å². The van der Waals surface area contributed by atoms with Crippen LogP contribution in [0.2, 0.25) is 0 Å². The lowest BCUT2D eigenvalue weighted by molar-refractivity contribution is -0.142. The van der Waals surface area contributed by atoms with Gasteiger partial charge in [0.1, 0.15) is 23.6 Å². The fourth-order valence-corrected chi connectivity index (χ4v) is 4.63. The van der Waals surface area contributed by atoms with Gasteiger partial charge in [0.05, 0.1) is 20.2 Å². The molecule has 2 atom stereocenters. The summed E-state index contributed by atoms with van der Waals surface area (Å²) in [7, 11) is 1.39. The molecule has 3 aliphatic heterocycles. The average molecular weight is 512 g/mol. The summed E-state index contributed by atoms with van der Waals surface area (Å²) in [5.41, 5.74) is 5.17. The summed E-state index contributed by atoms with van der Waals surface area (Å²) >= 11 is 0. The number of amides is 2. The zero-order chi connectivity index (χ0) is 26.5. The summed E-state index contributed by atoms with van der Waals surface area (Å²) in [5.74, 6) is -0.317. The smallest absolute Gasteiger partial charge is 0.411 e. The van der Waals surface area contributed by atoms with Crippen LogP contribution in [0.5, 0.6) is 0 Å². The monoisotopic (exact) mass is 511 g/mol. The molecule has 13 heteroatoms. The van der Waals surface area contributed by atoms with Gasteiger partial charge in [0.15, 0.2) is 0 Å². The van der Waals surface area contributed by atoms with Crippen molar-refractivity contribution in [3.63, 3.8) is 0 Å². The van der Waals surface area contributed by atoms with Gasteiger partial charge in [-0.1, -0.05) is 0 Å². The molecule has 3 fully saturated rings. The second-order valence-electron chi connectivity index (χ2n) is 10.6. The van der Waals surface area contributed by atoms with Crippen molar-refractivity contribution in [1.29, 1.82) is 5.41 Å². The molecule has 0 saturated carbocycles. The Morgan fingerprint density at radius 3 is 2.28 bits per heavy atom. The second kappa shape index (κ2) is 12.1. The number of esters is 1. The summed E-state index contributed by atoms with van der Waals surface area (Å²) in [5, 5.41) is 7.96. The van der Waals surface area contributed by atoms with Crippen molar-refractivity contribution in [2.45, 2.75) is 38.5 Å². The van der Waals surface area contributed by atoms with Gasteiger partial charge in [0, 0.05) is 65.4 Å². The number of ether oxygens (including phenoxy) is 3. The molecule has 3 heterocycles. The minimum Gasteiger partial charge on any atom is -0.468 e. The second-order valence-corrected chi connectivity index (χ2v) is 10.6. The van der Waals surface area contributed by atoms with Gasteiger partial charge in [-0.15, -0.1) is 0 Å². The molecular weight excluding hydrogens is 470 g/mol. The van der Waals surface area contributed by atoms with Gasteiger partial charge < -0.3 is 24.8 Å². The lowest BCUT2D eigenvalue weighted by Gasteiger charge is -2.41. The van der Waals surface area contributed by atoms with Crippen LogP contribution in [0.3, 0.4) is 0 Å². The first-order valence-corrected chi connectivity index (χ1v) is 12.5. The Morgan fingerprint density at radius 2 is 1.67 bits per heavy atom. The van der Waals surface area contributed by atoms with Crippen LogP contribution in [0.1, 0.15) is 20.8 Å². The molecule has 0 aromatic rings. The SMILES string of the molecule is COC(=O)CN1CCN(CC2CN(CCN3CCN(C(=O)OC(C)(C)C)C(C(=N)N)C3)C(=O)O2)CC1. The van der Waals surface area contributed by atoms with E-state index < -0.39 is 17.7 Å². The van der Waals surface area contributed by atoms with Crippen LogP contribution in [0.25, 0.3) is 0 Å². The van der Waals surface area contributed by atoms with Crippen LogP contribution in [-0.4, -0.2) is 152 Å². The van der Waals surface area contributed by atoms with E-state index >= 15 is 0 Å². The zero-order valence-corrected chi connectivity index (χ0v) is 21.9. The highest BCUT2D eigenvalue weighted by Gasteiger charge is 2.37. The normalized spacial score (nSPS) is 24.5. The lowest BCUT2D eigenvalue weighted by Crippen LogP contribution is -2.61. The van der Waals surface area contributed by atoms with E-state index in [1.54, 1.807) is 25.7 Å². The third-order valence-electron chi connectivity index (χ3n) is 6.59. The summed E-state index contributed by atoms with van der Waals surface area (Å²) in [4.78, 5) is 46.1. The molecule has 3 aliphatic rings. The van der Waals surface area contributed by atoms with E-state index in [9.17, 15) is 14.4 Å². The van der Waals surface area contributed by atoms with E-state index in [4.69, 9.17) is 25.4 Å². The van der Waals surface area contributed by atoms with Crippen LogP contribution < -0.4 is 5.73 Å². The summed E-state index contributed by atoms with van der Waals surface area (Å²) in [6, 6.07) is -0.565. The highest BCUT2D eigenvalue weighted by molar-refractivity contribution is 5.87. The number of methoxy groups -OCH3 is 1. The number of nitrogens with one attached hydrogen (secondary N) is 1. The molecule has 36 heavy (non-hydrogen) atoms. The number of hydrogen-bond acceptors (Lipinski definition) is 10. The predicted octanol–water partition coefficient (Wildman–Crippen LogP) is -0.545. The van der Waals surface area contributed by atoms with Crippen molar-refractivity contribution in [1.82, 2.24) is 24.5 Å². The molecule has 0 aromatic carbocycles. The molecule has 2 amide bonds. The highest BCUT2D eigenvalue weighted by atomic mass is 16.6. The van der Waals surface area contributed by atoms with E-state index in [1.807, 2.05) is 0 Å². The maximum Gasteiger partial charge on any atom is 0.411 e. The fraction of sp³-hybridized carbons (Fsp3) is 0.826. The number of carbonyl (C=O) groups is 3. The van der Waals surface area contributed by atoms with E-state index in [1.165, 1.54) is 12.0 Å². The average Bonchev–Trinajstić information content (AvgIpc) is 3.16. The summed E-state index contributed by atoms with van der Waals surface area (Å²) in [6.45, 7) is 12.6. The lowest BCUT2D eigenvalue weighted by atomic mass is 10.1. The number of rotatable bonds is 8. The molecule has 204 valence electrons. The summed E-state index contributed by atoms with van der Waals surface area (Å²) in [6.07, 6.45) is -0.988. The van der Waals surface area contributed by atoms with Crippen molar-refractivity contribution in [2.75, 3.05) is 85.6 Å². The molecule has 3 saturated heterocycles. The minimum atomic E-state index is -0.626. The Labute approximate surface area is 212 Å². The first-order chi connectivity index (χ1) is 16.9. The number of carbonyl (C=O) groups excluding carboxylic acids is 3. The van der Waals surface area contributed by atoms with E-state index in [-0.39, 0.29) is 24.0 Å². The Balaban J connectivity index is 1.42. The number of cyclic esters (lactones) is 1. The molecule has 3 rings (SSSR count). The van der Waals surface area contributed by atoms with Crippen LogP contribution in [-0.2, 0) is 19.0 Å². The molecule has 2 unspecified atom stereocenters. The zero-order valence-electron chi connectivity index (χ0n) is 21.9. The number of nitrogens with two attached hydrogens (primary N) is 1. The highest BCUT2D eigenvalue weighted by Crippen LogP contribution is 2.18. The molecular formula is C23H41N7O6. The molecule has 13 nitrogen and oxygen atoms in total. The molecule has 0 radical (unpaired) electrons. The number of hydrogen-bond donors (Lipinski definition) is 2. The summed E-state index contributed by atoms with van der Waals surface area (Å²) < 4.78 is 15.8. The third kappa shape index (κ3) is 7.93. The van der Waals surface area contributed by atoms with Gasteiger partial charge in [-0.3, -0.25) is 29.8 Å². The van der Waals surface area contributed by atoms with Crippen molar-refractivity contribution in [3.8, 4) is 0 Å². The Bertz CT molecular complexity index is 811. The Morgan fingerprint density at radius 1 is 1.03 bits per heavy atom. The van der Waals surface area contributed by atoms with Gasteiger partial charge in [-0.2, -0.15) is 0 Å². The van der Waals surface area contributed by atoms with Crippen LogP contribution in [0.4, 0.5) is 9.59 Å². The number of nitrogens with zero attached hydrogens (tertiary/aromatic N) is 5. The first-order valence-electron chi connectivity index (χ1n) is 12.5. The topological polar surface area (TPSA) is 145 Å². The van der Waals surface area contributed by atoms with Crippen molar-refractivity contribution < 1.29 is 28.6 Å². The maximum atomic E-state index is 12.6. The molecule has 0 aromatic heterocycles. The van der Waals surface area contributed by atoms with E-state index in [0.717, 1.165) is 26.2 Å². The van der Waals surface area contributed by atoms with Crippen molar-refractivity contribution in [3.05, 3.63) is 0 Å². The molecule has 0 bridgehead atoms. The van der Waals surface area contributed by atoms with Gasteiger partial charge in [-0.05, 0) is 20.8 Å². The van der Waals surface area contributed by atoms with Crippen LogP contribution in [0, 0.1) is 5.41 Å². The van der Waals surface area contributed by atoms with Crippen LogP contribution >= 0.6 is 0 Å². The number of amidine groups is 1. The molecule has 3 N–H and O–H groups in total. The van der Waals surface area contributed by atoms with E-state index in [2.05, 4.69) is 14.7 Å². The number of piperazine rings is 2. The molecule has 0 aliphatic carbocycles. The third-order valence-corrected chi connectivity index (χ3v) is 6.59. The standard InChI is InChI=1S/C23H41N7O6/c1-23(2,3)36-22(33)30-12-10-27(15-18(30)20(24)25)9-11-29-14-17(35-21(29)32)13-26-5-7-28(8-6-26)16-19(31)34-4/h17-18H,5-16H2,1-4H3,(H3,24,25). The van der Waals surface area contributed by atoms with Crippen LogP contribution in [0.15, 0.2) is 0 Å². The fourth-order valence-electron chi connectivity index (χ4n) is 4.63. The van der Waals surface area contributed by atoms with E-state index in [0.29, 0.717) is 52.4 Å². The largest absolute Gasteiger partial charge is 0.468 e. The van der Waals surface area contributed by atoms with Gasteiger partial charge in [0.2, 0.25) is 0 Å². The Kier molecular flexibility index (Phi) is 9.36. The predicted molar refractivity (Wildman–Crippen MR) is 132 cm³/mol. The quantitative estimate of drug-likeness (QED) is 0.188. The first kappa shape index (κ1) is 27.9.